The average molecular weight is 419 g/mol. The van der Waals surface area contributed by atoms with Crippen LogP contribution >= 0.6 is 0 Å². The maximum Gasteiger partial charge on any atom is 0.198 e. The molecular formula is C23H26N6O2. The van der Waals surface area contributed by atoms with Gasteiger partial charge in [0, 0.05) is 42.2 Å². The highest BCUT2D eigenvalue weighted by Gasteiger charge is 2.17. The van der Waals surface area contributed by atoms with Crippen molar-refractivity contribution >= 4 is 22.4 Å². The molecule has 3 N–H and O–H groups in total. The van der Waals surface area contributed by atoms with Gasteiger partial charge in [-0.1, -0.05) is 0 Å². The van der Waals surface area contributed by atoms with Gasteiger partial charge in [0.15, 0.2) is 11.7 Å². The summed E-state index contributed by atoms with van der Waals surface area (Å²) in [6.45, 7) is 7.99. The van der Waals surface area contributed by atoms with E-state index in [1.165, 1.54) is 0 Å². The van der Waals surface area contributed by atoms with Crippen molar-refractivity contribution in [2.24, 2.45) is 4.99 Å². The van der Waals surface area contributed by atoms with Crippen LogP contribution in [-0.4, -0.2) is 46.3 Å². The molecule has 0 aliphatic rings. The zero-order chi connectivity index (χ0) is 22.2. The third-order valence-corrected chi connectivity index (χ3v) is 5.20. The number of aliphatic hydroxyl groups is 1. The first kappa shape index (κ1) is 20.7. The largest absolute Gasteiger partial charge is 0.494 e. The third-order valence-electron chi connectivity index (χ3n) is 5.20. The van der Waals surface area contributed by atoms with Crippen LogP contribution in [0.25, 0.3) is 22.2 Å². The monoisotopic (exact) mass is 418 g/mol. The number of aliphatic imine (C=N–C) groups is 1. The number of aromatic hydroxyl groups is 1. The zero-order valence-electron chi connectivity index (χ0n) is 18.1. The smallest absolute Gasteiger partial charge is 0.198 e. The van der Waals surface area contributed by atoms with Gasteiger partial charge >= 0.3 is 0 Å². The highest BCUT2D eigenvalue weighted by molar-refractivity contribution is 6.13. The van der Waals surface area contributed by atoms with E-state index in [9.17, 15) is 10.2 Å². The van der Waals surface area contributed by atoms with E-state index in [1.807, 2.05) is 38.2 Å². The van der Waals surface area contributed by atoms with E-state index in [0.717, 1.165) is 27.7 Å². The number of aromatic nitrogens is 5. The Bertz CT molecular complexity index is 1260. The quantitative estimate of drug-likeness (QED) is 0.408. The Kier molecular flexibility index (Phi) is 5.32. The summed E-state index contributed by atoms with van der Waals surface area (Å²) in [6.07, 6.45) is 7.67. The van der Waals surface area contributed by atoms with Crippen molar-refractivity contribution in [3.05, 3.63) is 54.1 Å². The Morgan fingerprint density at radius 3 is 2.81 bits per heavy atom. The molecule has 0 saturated carbocycles. The summed E-state index contributed by atoms with van der Waals surface area (Å²) in [6, 6.07) is 5.69. The fourth-order valence-corrected chi connectivity index (χ4v) is 3.48. The number of aryl methyl sites for hydroxylation is 2. The van der Waals surface area contributed by atoms with Gasteiger partial charge in [0.1, 0.15) is 0 Å². The van der Waals surface area contributed by atoms with Crippen LogP contribution < -0.4 is 0 Å². The molecule has 160 valence electrons. The Morgan fingerprint density at radius 1 is 1.26 bits per heavy atom. The van der Waals surface area contributed by atoms with Crippen LogP contribution in [0.3, 0.4) is 0 Å². The first-order valence-electron chi connectivity index (χ1n) is 10.1. The minimum absolute atomic E-state index is 0.0413. The van der Waals surface area contributed by atoms with Crippen molar-refractivity contribution in [1.82, 2.24) is 24.7 Å². The molecule has 31 heavy (non-hydrogen) atoms. The Hall–Kier alpha value is -3.52. The molecule has 0 spiro atoms. The van der Waals surface area contributed by atoms with Crippen molar-refractivity contribution in [3.8, 4) is 17.1 Å². The molecule has 0 bridgehead atoms. The maximum absolute atomic E-state index is 10.5. The van der Waals surface area contributed by atoms with Gasteiger partial charge < -0.3 is 15.2 Å². The molecule has 0 saturated heterocycles. The van der Waals surface area contributed by atoms with Crippen molar-refractivity contribution in [2.45, 2.75) is 46.3 Å². The molecule has 0 aliphatic carbocycles. The predicted octanol–water partition coefficient (Wildman–Crippen LogP) is 4.14. The highest BCUT2D eigenvalue weighted by Crippen LogP contribution is 2.31. The molecule has 4 aromatic rings. The molecular weight excluding hydrogens is 392 g/mol. The first-order chi connectivity index (χ1) is 14.7. The second kappa shape index (κ2) is 7.96. The summed E-state index contributed by atoms with van der Waals surface area (Å²) in [5.41, 5.74) is 4.02. The molecule has 0 aliphatic heterocycles. The summed E-state index contributed by atoms with van der Waals surface area (Å²) < 4.78 is 1.76. The zero-order valence-corrected chi connectivity index (χ0v) is 18.1. The second-order valence-corrected chi connectivity index (χ2v) is 8.35. The first-order valence-corrected chi connectivity index (χ1v) is 10.1. The number of nitrogens with one attached hydrogen (secondary N) is 1. The van der Waals surface area contributed by atoms with Crippen LogP contribution in [0, 0.1) is 6.92 Å². The van der Waals surface area contributed by atoms with E-state index in [0.29, 0.717) is 30.1 Å². The molecule has 0 unspecified atom stereocenters. The van der Waals surface area contributed by atoms with E-state index < -0.39 is 5.60 Å². The minimum Gasteiger partial charge on any atom is -0.494 e. The maximum atomic E-state index is 10.5. The molecule has 0 fully saturated rings. The molecule has 4 rings (SSSR count). The van der Waals surface area contributed by atoms with E-state index in [1.54, 1.807) is 37.1 Å². The van der Waals surface area contributed by atoms with Crippen molar-refractivity contribution < 1.29 is 10.2 Å². The van der Waals surface area contributed by atoms with Crippen molar-refractivity contribution in [2.75, 3.05) is 0 Å². The number of hydrogen-bond donors (Lipinski definition) is 3. The summed E-state index contributed by atoms with van der Waals surface area (Å²) in [7, 11) is 0. The van der Waals surface area contributed by atoms with Crippen LogP contribution in [-0.2, 0) is 6.54 Å². The molecule has 8 heteroatoms. The van der Waals surface area contributed by atoms with E-state index >= 15 is 0 Å². The Morgan fingerprint density at radius 2 is 2.06 bits per heavy atom. The lowest BCUT2D eigenvalue weighted by molar-refractivity contribution is 0.0651. The molecule has 0 atom stereocenters. The molecule has 0 radical (unpaired) electrons. The number of fused-ring (bicyclic) bond motifs is 1. The fraction of sp³-hybridized carbons (Fsp3) is 0.304. The Balaban J connectivity index is 1.69. The molecule has 0 amide bonds. The summed E-state index contributed by atoms with van der Waals surface area (Å²) >= 11 is 0. The van der Waals surface area contributed by atoms with Gasteiger partial charge in [-0.2, -0.15) is 5.10 Å². The number of rotatable bonds is 6. The third kappa shape index (κ3) is 4.49. The van der Waals surface area contributed by atoms with Crippen LogP contribution in [0.15, 0.2) is 48.0 Å². The lowest BCUT2D eigenvalue weighted by Gasteiger charge is -2.16. The van der Waals surface area contributed by atoms with Crippen LogP contribution in [0.2, 0.25) is 0 Å². The number of H-pyrrole nitrogens is 1. The van der Waals surface area contributed by atoms with Gasteiger partial charge in [0.25, 0.3) is 0 Å². The van der Waals surface area contributed by atoms with E-state index in [-0.39, 0.29) is 5.88 Å². The SMILES string of the molecule is CC(=Nc1ccn(CCC(C)(C)O)n1)c1c(O)[nH]c2cnc(-c3cnccc3C)cc12. The minimum atomic E-state index is -0.750. The lowest BCUT2D eigenvalue weighted by Crippen LogP contribution is -2.21. The summed E-state index contributed by atoms with van der Waals surface area (Å²) in [5, 5.41) is 25.7. The van der Waals surface area contributed by atoms with Gasteiger partial charge in [-0.15, -0.1) is 0 Å². The fourth-order valence-electron chi connectivity index (χ4n) is 3.48. The summed E-state index contributed by atoms with van der Waals surface area (Å²) in [5.74, 6) is 0.582. The number of aromatic amines is 1. The highest BCUT2D eigenvalue weighted by atomic mass is 16.3. The lowest BCUT2D eigenvalue weighted by atomic mass is 10.0. The topological polar surface area (TPSA) is 112 Å². The van der Waals surface area contributed by atoms with Gasteiger partial charge in [-0.3, -0.25) is 14.6 Å². The van der Waals surface area contributed by atoms with Crippen LogP contribution in [0.1, 0.15) is 38.3 Å². The Labute approximate surface area is 180 Å². The van der Waals surface area contributed by atoms with Crippen LogP contribution in [0.5, 0.6) is 5.88 Å². The van der Waals surface area contributed by atoms with Gasteiger partial charge in [-0.25, -0.2) is 4.99 Å². The summed E-state index contributed by atoms with van der Waals surface area (Å²) in [4.78, 5) is 16.3. The molecule has 8 nitrogen and oxygen atoms in total. The standard InChI is InChI=1S/C23H26N6O2/c1-14-5-8-24-12-17(14)18-11-16-19(13-25-18)27-22(30)21(16)15(2)26-20-6-9-29(28-20)10-7-23(3,4)31/h5-6,8-9,11-13,27,30-31H,7,10H2,1-4H3. The average Bonchev–Trinajstić information content (AvgIpc) is 3.28. The van der Waals surface area contributed by atoms with Gasteiger partial charge in [-0.05, 0) is 51.8 Å². The van der Waals surface area contributed by atoms with Gasteiger partial charge in [0.2, 0.25) is 0 Å². The second-order valence-electron chi connectivity index (χ2n) is 8.35. The van der Waals surface area contributed by atoms with E-state index in [4.69, 9.17) is 0 Å². The molecule has 4 heterocycles. The van der Waals surface area contributed by atoms with Crippen molar-refractivity contribution in [1.29, 1.82) is 0 Å². The predicted molar refractivity (Wildman–Crippen MR) is 121 cm³/mol. The number of nitrogens with zero attached hydrogens (tertiary/aromatic N) is 5. The molecule has 0 aromatic carbocycles. The van der Waals surface area contributed by atoms with E-state index in [2.05, 4.69) is 25.0 Å². The number of pyridine rings is 2. The molecule has 4 aromatic heterocycles. The van der Waals surface area contributed by atoms with Crippen LogP contribution in [0.4, 0.5) is 5.82 Å². The van der Waals surface area contributed by atoms with Gasteiger partial charge in [0.05, 0.1) is 34.3 Å². The van der Waals surface area contributed by atoms with Crippen molar-refractivity contribution in [3.63, 3.8) is 0 Å². The number of hydrogen-bond acceptors (Lipinski definition) is 6. The normalized spacial score (nSPS) is 12.6.